The van der Waals surface area contributed by atoms with E-state index in [9.17, 15) is 4.79 Å². The second-order valence-corrected chi connectivity index (χ2v) is 4.65. The predicted octanol–water partition coefficient (Wildman–Crippen LogP) is 0.889. The van der Waals surface area contributed by atoms with E-state index in [4.69, 9.17) is 0 Å². The molecule has 3 heterocycles. The van der Waals surface area contributed by atoms with Gasteiger partial charge in [0, 0.05) is 31.5 Å². The fourth-order valence-electron chi connectivity index (χ4n) is 2.09. The van der Waals surface area contributed by atoms with Crippen LogP contribution in [0.1, 0.15) is 5.56 Å². The minimum absolute atomic E-state index is 0.0766. The lowest BCUT2D eigenvalue weighted by Gasteiger charge is -2.02. The van der Waals surface area contributed by atoms with Crippen LogP contribution in [0.4, 0.5) is 5.69 Å². The van der Waals surface area contributed by atoms with Gasteiger partial charge in [0.15, 0.2) is 0 Å². The minimum Gasteiger partial charge on any atom is -0.378 e. The van der Waals surface area contributed by atoms with Crippen LogP contribution < -0.4 is 10.6 Å². The molecule has 0 unspecified atom stereocenters. The molecular weight excluding hydrogens is 268 g/mol. The molecule has 0 radical (unpaired) electrons. The number of likely N-dealkylation sites (N-methyl/N-ethyl adjacent to an activating group) is 1. The fraction of sp³-hybridized carbons (Fsp3) is 0.214. The van der Waals surface area contributed by atoms with Gasteiger partial charge in [-0.3, -0.25) is 9.48 Å². The van der Waals surface area contributed by atoms with E-state index in [1.54, 1.807) is 24.1 Å². The monoisotopic (exact) mass is 284 g/mol. The minimum atomic E-state index is -0.0766. The fourth-order valence-corrected chi connectivity index (χ4v) is 2.09. The summed E-state index contributed by atoms with van der Waals surface area (Å²) in [5.41, 5.74) is 3.05. The van der Waals surface area contributed by atoms with E-state index in [1.165, 1.54) is 0 Å². The zero-order valence-electron chi connectivity index (χ0n) is 11.7. The lowest BCUT2D eigenvalue weighted by molar-refractivity contribution is -0.121. The summed E-state index contributed by atoms with van der Waals surface area (Å²) < 4.78 is 3.43. The van der Waals surface area contributed by atoms with Gasteiger partial charge in [-0.1, -0.05) is 6.07 Å². The van der Waals surface area contributed by atoms with Gasteiger partial charge in [-0.05, 0) is 12.1 Å². The summed E-state index contributed by atoms with van der Waals surface area (Å²) in [5, 5.41) is 14.3. The molecule has 0 aromatic carbocycles. The number of fused-ring (bicyclic) bond motifs is 1. The van der Waals surface area contributed by atoms with E-state index in [0.717, 1.165) is 16.8 Å². The summed E-state index contributed by atoms with van der Waals surface area (Å²) >= 11 is 0. The zero-order chi connectivity index (χ0) is 14.7. The highest BCUT2D eigenvalue weighted by molar-refractivity contribution is 5.75. The molecule has 7 nitrogen and oxygen atoms in total. The molecule has 108 valence electrons. The number of rotatable bonds is 5. The molecule has 0 aliphatic rings. The van der Waals surface area contributed by atoms with Crippen molar-refractivity contribution in [2.45, 2.75) is 13.1 Å². The Bertz CT molecular complexity index is 760. The van der Waals surface area contributed by atoms with Crippen molar-refractivity contribution in [3.8, 4) is 0 Å². The van der Waals surface area contributed by atoms with Crippen molar-refractivity contribution in [1.29, 1.82) is 0 Å². The quantitative estimate of drug-likeness (QED) is 0.729. The highest BCUT2D eigenvalue weighted by Gasteiger charge is 2.05. The summed E-state index contributed by atoms with van der Waals surface area (Å²) in [4.78, 5) is 11.3. The number of hydrogen-bond acceptors (Lipinski definition) is 4. The molecule has 21 heavy (non-hydrogen) atoms. The van der Waals surface area contributed by atoms with Crippen molar-refractivity contribution in [3.05, 3.63) is 48.5 Å². The van der Waals surface area contributed by atoms with Gasteiger partial charge < -0.3 is 10.6 Å². The molecule has 3 aromatic heterocycles. The van der Waals surface area contributed by atoms with Crippen LogP contribution in [0.3, 0.4) is 0 Å². The lowest BCUT2D eigenvalue weighted by Crippen LogP contribution is -2.23. The average Bonchev–Trinajstić information content (AvgIpc) is 3.11. The number of amides is 1. The van der Waals surface area contributed by atoms with E-state index in [0.29, 0.717) is 6.54 Å². The van der Waals surface area contributed by atoms with Gasteiger partial charge in [0.25, 0.3) is 0 Å². The molecule has 0 bridgehead atoms. The normalized spacial score (nSPS) is 10.7. The van der Waals surface area contributed by atoms with Gasteiger partial charge in [-0.2, -0.15) is 10.2 Å². The van der Waals surface area contributed by atoms with E-state index in [2.05, 4.69) is 20.8 Å². The number of nitrogens with zero attached hydrogens (tertiary/aromatic N) is 4. The van der Waals surface area contributed by atoms with Gasteiger partial charge in [-0.25, -0.2) is 4.52 Å². The van der Waals surface area contributed by atoms with Crippen LogP contribution in [0.15, 0.2) is 43.0 Å². The first-order valence-electron chi connectivity index (χ1n) is 6.64. The third kappa shape index (κ3) is 2.86. The maximum Gasteiger partial charge on any atom is 0.241 e. The van der Waals surface area contributed by atoms with E-state index >= 15 is 0 Å². The van der Waals surface area contributed by atoms with Gasteiger partial charge in [0.2, 0.25) is 5.91 Å². The second-order valence-electron chi connectivity index (χ2n) is 4.65. The van der Waals surface area contributed by atoms with E-state index in [-0.39, 0.29) is 12.5 Å². The van der Waals surface area contributed by atoms with Gasteiger partial charge in [0.1, 0.15) is 6.54 Å². The molecule has 0 saturated heterocycles. The number of pyridine rings is 1. The molecule has 0 saturated carbocycles. The van der Waals surface area contributed by atoms with Crippen molar-refractivity contribution in [3.63, 3.8) is 0 Å². The highest BCUT2D eigenvalue weighted by atomic mass is 16.1. The number of aromatic nitrogens is 4. The van der Waals surface area contributed by atoms with Crippen LogP contribution in [0, 0.1) is 0 Å². The van der Waals surface area contributed by atoms with Gasteiger partial charge >= 0.3 is 0 Å². The summed E-state index contributed by atoms with van der Waals surface area (Å²) in [7, 11) is 1.61. The smallest absolute Gasteiger partial charge is 0.241 e. The number of carbonyl (C=O) groups excluding carboxylic acids is 1. The van der Waals surface area contributed by atoms with E-state index in [1.807, 2.05) is 35.1 Å². The Labute approximate surface area is 121 Å². The number of carbonyl (C=O) groups is 1. The molecule has 2 N–H and O–H groups in total. The maximum atomic E-state index is 11.3. The first-order chi connectivity index (χ1) is 10.3. The van der Waals surface area contributed by atoms with Crippen LogP contribution in [0.25, 0.3) is 5.52 Å². The lowest BCUT2D eigenvalue weighted by atomic mass is 10.2. The Hall–Kier alpha value is -2.83. The van der Waals surface area contributed by atoms with Gasteiger partial charge in [0.05, 0.1) is 23.6 Å². The Balaban J connectivity index is 1.66. The zero-order valence-corrected chi connectivity index (χ0v) is 11.7. The second kappa shape index (κ2) is 5.66. The first-order valence-corrected chi connectivity index (χ1v) is 6.64. The van der Waals surface area contributed by atoms with Crippen LogP contribution in [-0.4, -0.2) is 32.3 Å². The van der Waals surface area contributed by atoms with E-state index < -0.39 is 0 Å². The Kier molecular flexibility index (Phi) is 3.55. The van der Waals surface area contributed by atoms with Crippen molar-refractivity contribution in [2.75, 3.05) is 12.4 Å². The molecule has 7 heteroatoms. The molecular formula is C14H16N6O. The van der Waals surface area contributed by atoms with Crippen LogP contribution >= 0.6 is 0 Å². The standard InChI is InChI=1S/C14H16N6O/c1-15-14(21)10-19-9-12(8-17-19)16-6-11-7-18-20-5-3-2-4-13(11)20/h2-5,7-9,16H,6,10H2,1H3,(H,15,21). The topological polar surface area (TPSA) is 76.2 Å². The molecule has 0 atom stereocenters. The molecule has 3 aromatic rings. The summed E-state index contributed by atoms with van der Waals surface area (Å²) in [6.07, 6.45) is 7.27. The molecule has 0 aliphatic carbocycles. The molecule has 0 spiro atoms. The third-order valence-corrected chi connectivity index (χ3v) is 3.21. The predicted molar refractivity (Wildman–Crippen MR) is 78.8 cm³/mol. The van der Waals surface area contributed by atoms with Crippen molar-refractivity contribution < 1.29 is 4.79 Å². The van der Waals surface area contributed by atoms with Crippen molar-refractivity contribution >= 4 is 17.1 Å². The van der Waals surface area contributed by atoms with Crippen molar-refractivity contribution in [1.82, 2.24) is 24.7 Å². The average molecular weight is 284 g/mol. The Morgan fingerprint density at radius 3 is 3.05 bits per heavy atom. The molecule has 0 aliphatic heterocycles. The van der Waals surface area contributed by atoms with Crippen LogP contribution in [0.2, 0.25) is 0 Å². The molecule has 3 rings (SSSR count). The highest BCUT2D eigenvalue weighted by Crippen LogP contribution is 2.13. The number of anilines is 1. The number of hydrogen-bond donors (Lipinski definition) is 2. The summed E-state index contributed by atoms with van der Waals surface area (Å²) in [6, 6.07) is 5.96. The van der Waals surface area contributed by atoms with Crippen LogP contribution in [0.5, 0.6) is 0 Å². The Morgan fingerprint density at radius 2 is 2.19 bits per heavy atom. The molecule has 1 amide bonds. The summed E-state index contributed by atoms with van der Waals surface area (Å²) in [5.74, 6) is -0.0766. The van der Waals surface area contributed by atoms with Gasteiger partial charge in [-0.15, -0.1) is 0 Å². The largest absolute Gasteiger partial charge is 0.378 e. The number of nitrogens with one attached hydrogen (secondary N) is 2. The first kappa shape index (κ1) is 13.2. The van der Waals surface area contributed by atoms with Crippen molar-refractivity contribution in [2.24, 2.45) is 0 Å². The Morgan fingerprint density at radius 1 is 1.29 bits per heavy atom. The SMILES string of the molecule is CNC(=O)Cn1cc(NCc2cnn3ccccc23)cn1. The van der Waals surface area contributed by atoms with Crippen LogP contribution in [-0.2, 0) is 17.9 Å². The molecule has 0 fully saturated rings. The summed E-state index contributed by atoms with van der Waals surface area (Å²) in [6.45, 7) is 0.869. The third-order valence-electron chi connectivity index (χ3n) is 3.21. The maximum absolute atomic E-state index is 11.3.